The monoisotopic (exact) mass is 325 g/mol. The standard InChI is InChI=1S/C17H19N5O2/c1-10-8-13(12(3)22(10)15-9-11(2)24-20-15)17(23)19-14-4-6-21-7-5-18-16(14)21/h5,7-9,14H,4,6H2,1-3H3,(H,19,23). The van der Waals surface area contributed by atoms with Gasteiger partial charge in [-0.3, -0.25) is 9.36 Å². The number of amides is 1. The van der Waals surface area contributed by atoms with Gasteiger partial charge in [0, 0.05) is 36.4 Å². The zero-order chi connectivity index (χ0) is 16.8. The molecule has 4 rings (SSSR count). The van der Waals surface area contributed by atoms with Gasteiger partial charge in [-0.15, -0.1) is 0 Å². The van der Waals surface area contributed by atoms with E-state index in [0.717, 1.165) is 35.9 Å². The zero-order valence-corrected chi connectivity index (χ0v) is 13.9. The van der Waals surface area contributed by atoms with Gasteiger partial charge in [0.15, 0.2) is 5.82 Å². The van der Waals surface area contributed by atoms with E-state index in [-0.39, 0.29) is 11.9 Å². The lowest BCUT2D eigenvalue weighted by molar-refractivity contribution is 0.0935. The van der Waals surface area contributed by atoms with Crippen molar-refractivity contribution >= 4 is 5.91 Å². The number of nitrogens with zero attached hydrogens (tertiary/aromatic N) is 4. The van der Waals surface area contributed by atoms with E-state index in [9.17, 15) is 4.79 Å². The first-order chi connectivity index (χ1) is 11.5. The van der Waals surface area contributed by atoms with Crippen LogP contribution in [0, 0.1) is 20.8 Å². The third-order valence-electron chi connectivity index (χ3n) is 4.54. The highest BCUT2D eigenvalue weighted by molar-refractivity contribution is 5.96. The minimum Gasteiger partial charge on any atom is -0.360 e. The van der Waals surface area contributed by atoms with Gasteiger partial charge in [0.2, 0.25) is 0 Å². The van der Waals surface area contributed by atoms with Crippen molar-refractivity contribution in [3.05, 3.63) is 53.1 Å². The maximum Gasteiger partial charge on any atom is 0.253 e. The number of hydrogen-bond acceptors (Lipinski definition) is 4. The molecule has 4 heterocycles. The molecule has 124 valence electrons. The van der Waals surface area contributed by atoms with Crippen LogP contribution in [0.3, 0.4) is 0 Å². The molecule has 1 aliphatic heterocycles. The maximum atomic E-state index is 12.7. The number of rotatable bonds is 3. The van der Waals surface area contributed by atoms with Crippen molar-refractivity contribution < 1.29 is 9.32 Å². The van der Waals surface area contributed by atoms with Gasteiger partial charge in [0.1, 0.15) is 11.6 Å². The highest BCUT2D eigenvalue weighted by Crippen LogP contribution is 2.25. The number of nitrogens with one attached hydrogen (secondary N) is 1. The first-order valence-corrected chi connectivity index (χ1v) is 7.99. The third-order valence-corrected chi connectivity index (χ3v) is 4.54. The van der Waals surface area contributed by atoms with E-state index < -0.39 is 0 Å². The number of aromatic nitrogens is 4. The fourth-order valence-electron chi connectivity index (χ4n) is 3.39. The minimum absolute atomic E-state index is 0.0372. The summed E-state index contributed by atoms with van der Waals surface area (Å²) in [6, 6.07) is 3.70. The van der Waals surface area contributed by atoms with Crippen LogP contribution in [0.2, 0.25) is 0 Å². The third kappa shape index (κ3) is 2.24. The van der Waals surface area contributed by atoms with E-state index in [0.29, 0.717) is 11.4 Å². The van der Waals surface area contributed by atoms with Gasteiger partial charge in [0.25, 0.3) is 5.91 Å². The van der Waals surface area contributed by atoms with Gasteiger partial charge in [-0.05, 0) is 33.3 Å². The van der Waals surface area contributed by atoms with Crippen LogP contribution in [0.15, 0.2) is 29.0 Å². The molecule has 3 aromatic rings. The Morgan fingerprint density at radius 3 is 2.92 bits per heavy atom. The summed E-state index contributed by atoms with van der Waals surface area (Å²) in [6.07, 6.45) is 4.59. The van der Waals surface area contributed by atoms with Crippen molar-refractivity contribution in [2.45, 2.75) is 39.8 Å². The summed E-state index contributed by atoms with van der Waals surface area (Å²) in [5.41, 5.74) is 2.44. The fraction of sp³-hybridized carbons (Fsp3) is 0.353. The molecule has 3 aromatic heterocycles. The van der Waals surface area contributed by atoms with Crippen LogP contribution in [-0.4, -0.2) is 25.2 Å². The quantitative estimate of drug-likeness (QED) is 0.802. The van der Waals surface area contributed by atoms with Crippen molar-refractivity contribution in [2.24, 2.45) is 0 Å². The Morgan fingerprint density at radius 1 is 1.33 bits per heavy atom. The van der Waals surface area contributed by atoms with Gasteiger partial charge >= 0.3 is 0 Å². The SMILES string of the molecule is Cc1cc(-n2c(C)cc(C(=O)NC3CCn4ccnc43)c2C)no1. The normalized spacial score (nSPS) is 16.4. The second kappa shape index (κ2) is 5.36. The van der Waals surface area contributed by atoms with Crippen molar-refractivity contribution in [3.63, 3.8) is 0 Å². The average Bonchev–Trinajstić information content (AvgIpc) is 3.27. The van der Waals surface area contributed by atoms with Crippen molar-refractivity contribution in [1.29, 1.82) is 0 Å². The van der Waals surface area contributed by atoms with Crippen LogP contribution in [0.25, 0.3) is 5.82 Å². The molecule has 1 atom stereocenters. The summed E-state index contributed by atoms with van der Waals surface area (Å²) in [7, 11) is 0. The number of imidazole rings is 1. The van der Waals surface area contributed by atoms with Gasteiger partial charge in [-0.2, -0.15) is 0 Å². The number of carbonyl (C=O) groups excluding carboxylic acids is 1. The Balaban J connectivity index is 1.62. The van der Waals surface area contributed by atoms with Crippen LogP contribution in [0.4, 0.5) is 0 Å². The first kappa shape index (κ1) is 14.7. The number of carbonyl (C=O) groups is 1. The smallest absolute Gasteiger partial charge is 0.253 e. The van der Waals surface area contributed by atoms with Gasteiger partial charge in [0.05, 0.1) is 11.6 Å². The Morgan fingerprint density at radius 2 is 2.17 bits per heavy atom. The molecule has 0 radical (unpaired) electrons. The molecule has 1 N–H and O–H groups in total. The highest BCUT2D eigenvalue weighted by atomic mass is 16.5. The van der Waals surface area contributed by atoms with E-state index in [1.165, 1.54) is 0 Å². The Bertz CT molecular complexity index is 917. The van der Waals surface area contributed by atoms with Crippen molar-refractivity contribution in [1.82, 2.24) is 24.6 Å². The summed E-state index contributed by atoms with van der Waals surface area (Å²) in [4.78, 5) is 17.1. The molecular weight excluding hydrogens is 306 g/mol. The van der Waals surface area contributed by atoms with E-state index in [2.05, 4.69) is 20.0 Å². The molecular formula is C17H19N5O2. The Labute approximate surface area is 139 Å². The topological polar surface area (TPSA) is 77.9 Å². The molecule has 1 aliphatic rings. The summed E-state index contributed by atoms with van der Waals surface area (Å²) in [6.45, 7) is 6.61. The summed E-state index contributed by atoms with van der Waals surface area (Å²) in [5.74, 6) is 2.26. The van der Waals surface area contributed by atoms with Crippen molar-refractivity contribution in [3.8, 4) is 5.82 Å². The lowest BCUT2D eigenvalue weighted by Crippen LogP contribution is -2.28. The molecule has 0 spiro atoms. The van der Waals surface area contributed by atoms with Crippen LogP contribution in [0.1, 0.15) is 45.8 Å². The van der Waals surface area contributed by atoms with Gasteiger partial charge in [-0.1, -0.05) is 5.16 Å². The highest BCUT2D eigenvalue weighted by Gasteiger charge is 2.27. The largest absolute Gasteiger partial charge is 0.360 e. The van der Waals surface area contributed by atoms with E-state index in [4.69, 9.17) is 4.52 Å². The predicted octanol–water partition coefficient (Wildman–Crippen LogP) is 2.46. The molecule has 0 aromatic carbocycles. The van der Waals surface area contributed by atoms with Crippen LogP contribution < -0.4 is 5.32 Å². The zero-order valence-electron chi connectivity index (χ0n) is 13.9. The predicted molar refractivity (Wildman–Crippen MR) is 87.1 cm³/mol. The van der Waals surface area contributed by atoms with Gasteiger partial charge in [-0.25, -0.2) is 4.98 Å². The molecule has 1 unspecified atom stereocenters. The lowest BCUT2D eigenvalue weighted by Gasteiger charge is -2.11. The molecule has 0 saturated carbocycles. The molecule has 0 aliphatic carbocycles. The molecule has 7 heteroatoms. The summed E-state index contributed by atoms with van der Waals surface area (Å²) < 4.78 is 9.16. The first-order valence-electron chi connectivity index (χ1n) is 7.99. The minimum atomic E-state index is -0.0870. The summed E-state index contributed by atoms with van der Waals surface area (Å²) >= 11 is 0. The number of fused-ring (bicyclic) bond motifs is 1. The van der Waals surface area contributed by atoms with Crippen LogP contribution in [0.5, 0.6) is 0 Å². The molecule has 24 heavy (non-hydrogen) atoms. The van der Waals surface area contributed by atoms with Crippen LogP contribution in [-0.2, 0) is 6.54 Å². The molecule has 0 bridgehead atoms. The van der Waals surface area contributed by atoms with E-state index in [1.54, 1.807) is 6.20 Å². The van der Waals surface area contributed by atoms with E-state index in [1.807, 2.05) is 43.7 Å². The number of hydrogen-bond donors (Lipinski definition) is 1. The second-order valence-electron chi connectivity index (χ2n) is 6.21. The van der Waals surface area contributed by atoms with Gasteiger partial charge < -0.3 is 14.4 Å². The molecule has 0 saturated heterocycles. The molecule has 7 nitrogen and oxygen atoms in total. The average molecular weight is 325 g/mol. The number of aryl methyl sites for hydroxylation is 3. The fourth-order valence-corrected chi connectivity index (χ4v) is 3.39. The Hall–Kier alpha value is -2.83. The second-order valence-corrected chi connectivity index (χ2v) is 6.21. The van der Waals surface area contributed by atoms with E-state index >= 15 is 0 Å². The maximum absolute atomic E-state index is 12.7. The molecule has 1 amide bonds. The lowest BCUT2D eigenvalue weighted by atomic mass is 10.2. The summed E-state index contributed by atoms with van der Waals surface area (Å²) in [5, 5.41) is 7.15. The Kier molecular flexibility index (Phi) is 3.30. The van der Waals surface area contributed by atoms with Crippen LogP contribution >= 0.6 is 0 Å². The molecule has 0 fully saturated rings. The van der Waals surface area contributed by atoms with Crippen molar-refractivity contribution in [2.75, 3.05) is 0 Å².